The molecule has 2 N–H and O–H groups in total. The van der Waals surface area contributed by atoms with E-state index in [1.54, 1.807) is 11.5 Å². The number of benzene rings is 2. The number of rotatable bonds is 3. The molecule has 18 heavy (non-hydrogen) atoms. The zero-order valence-corrected chi connectivity index (χ0v) is 10.7. The molecule has 1 unspecified atom stereocenters. The van der Waals surface area contributed by atoms with E-state index in [9.17, 15) is 0 Å². The predicted molar refractivity (Wildman–Crippen MR) is 76.7 cm³/mol. The van der Waals surface area contributed by atoms with E-state index in [1.807, 2.05) is 36.4 Å². The zero-order valence-electron chi connectivity index (χ0n) is 9.91. The van der Waals surface area contributed by atoms with Crippen LogP contribution in [0.2, 0.25) is 0 Å². The molecule has 0 saturated carbocycles. The molecular weight excluding hydrogens is 240 g/mol. The summed E-state index contributed by atoms with van der Waals surface area (Å²) in [4.78, 5) is 1.27. The van der Waals surface area contributed by atoms with E-state index in [0.717, 1.165) is 11.9 Å². The van der Waals surface area contributed by atoms with Crippen LogP contribution < -0.4 is 5.73 Å². The molecule has 0 saturated heterocycles. The molecule has 0 aliphatic heterocycles. The van der Waals surface area contributed by atoms with E-state index in [0.29, 0.717) is 0 Å². The fourth-order valence-electron chi connectivity index (χ4n) is 2.11. The first kappa shape index (κ1) is 11.4. The molecule has 3 heteroatoms. The lowest BCUT2D eigenvalue weighted by Crippen LogP contribution is -2.12. The van der Waals surface area contributed by atoms with Crippen molar-refractivity contribution in [3.63, 3.8) is 0 Å². The third-order valence-electron chi connectivity index (χ3n) is 3.09. The number of hydrogen-bond donors (Lipinski definition) is 1. The van der Waals surface area contributed by atoms with Crippen LogP contribution in [0.15, 0.2) is 54.6 Å². The molecule has 0 fully saturated rings. The van der Waals surface area contributed by atoms with Crippen molar-refractivity contribution in [2.24, 2.45) is 5.73 Å². The van der Waals surface area contributed by atoms with Crippen LogP contribution >= 0.6 is 11.5 Å². The largest absolute Gasteiger partial charge is 0.324 e. The second kappa shape index (κ2) is 4.88. The summed E-state index contributed by atoms with van der Waals surface area (Å²) in [6, 6.07) is 18.5. The third-order valence-corrected chi connectivity index (χ3v) is 3.99. The van der Waals surface area contributed by atoms with E-state index in [1.165, 1.54) is 15.8 Å². The molecule has 90 valence electrons. The number of aromatic nitrogens is 1. The van der Waals surface area contributed by atoms with Gasteiger partial charge in [0.05, 0.1) is 5.52 Å². The first-order chi connectivity index (χ1) is 8.84. The Kier molecular flexibility index (Phi) is 3.09. The molecule has 0 spiro atoms. The van der Waals surface area contributed by atoms with Gasteiger partial charge >= 0.3 is 0 Å². The van der Waals surface area contributed by atoms with Crippen LogP contribution in [0.4, 0.5) is 0 Å². The summed E-state index contributed by atoms with van der Waals surface area (Å²) in [5.74, 6) is 0. The summed E-state index contributed by atoms with van der Waals surface area (Å²) >= 11 is 1.56. The van der Waals surface area contributed by atoms with Gasteiger partial charge < -0.3 is 5.73 Å². The highest BCUT2D eigenvalue weighted by Gasteiger charge is 2.11. The van der Waals surface area contributed by atoms with Gasteiger partial charge in [0.25, 0.3) is 0 Å². The van der Waals surface area contributed by atoms with Gasteiger partial charge in [0.1, 0.15) is 0 Å². The fourth-order valence-corrected chi connectivity index (χ4v) is 3.00. The Bertz CT molecular complexity index is 646. The molecule has 1 aromatic heterocycles. The average molecular weight is 254 g/mol. The van der Waals surface area contributed by atoms with Crippen molar-refractivity contribution in [3.8, 4) is 0 Å². The van der Waals surface area contributed by atoms with Crippen LogP contribution in [0.1, 0.15) is 16.5 Å². The van der Waals surface area contributed by atoms with Crippen LogP contribution in [-0.2, 0) is 6.42 Å². The van der Waals surface area contributed by atoms with Gasteiger partial charge in [-0.05, 0) is 23.2 Å². The maximum Gasteiger partial charge on any atom is 0.0843 e. The second-order valence-electron chi connectivity index (χ2n) is 4.34. The van der Waals surface area contributed by atoms with Crippen LogP contribution in [0.3, 0.4) is 0 Å². The number of hydrogen-bond acceptors (Lipinski definition) is 3. The van der Waals surface area contributed by atoms with Gasteiger partial charge in [0.2, 0.25) is 0 Å². The molecule has 0 amide bonds. The highest BCUT2D eigenvalue weighted by molar-refractivity contribution is 7.07. The third kappa shape index (κ3) is 2.15. The lowest BCUT2D eigenvalue weighted by Gasteiger charge is -2.10. The fraction of sp³-hybridized carbons (Fsp3) is 0.133. The summed E-state index contributed by atoms with van der Waals surface area (Å²) in [6.07, 6.45) is 0.842. The van der Waals surface area contributed by atoms with Crippen molar-refractivity contribution in [2.75, 3.05) is 0 Å². The number of nitrogens with two attached hydrogens (primary N) is 1. The molecule has 0 radical (unpaired) electrons. The Labute approximate surface area is 110 Å². The van der Waals surface area contributed by atoms with E-state index >= 15 is 0 Å². The van der Waals surface area contributed by atoms with Gasteiger partial charge in [-0.25, -0.2) is 0 Å². The van der Waals surface area contributed by atoms with Crippen molar-refractivity contribution < 1.29 is 0 Å². The second-order valence-corrected chi connectivity index (χ2v) is 5.20. The van der Waals surface area contributed by atoms with Crippen molar-refractivity contribution in [1.29, 1.82) is 0 Å². The van der Waals surface area contributed by atoms with Gasteiger partial charge in [0.15, 0.2) is 0 Å². The Balaban J connectivity index is 1.89. The monoisotopic (exact) mass is 254 g/mol. The summed E-state index contributed by atoms with van der Waals surface area (Å²) in [6.45, 7) is 0. The van der Waals surface area contributed by atoms with Crippen molar-refractivity contribution >= 4 is 22.4 Å². The molecule has 0 bridgehead atoms. The first-order valence-electron chi connectivity index (χ1n) is 5.98. The standard InChI is InChI=1S/C15H14N2S/c16-13(11-6-2-1-3-7-11)10-15-12-8-4-5-9-14(12)17-18-15/h1-9,13H,10,16H2. The van der Waals surface area contributed by atoms with E-state index in [-0.39, 0.29) is 6.04 Å². The Morgan fingerprint density at radius 2 is 1.72 bits per heavy atom. The summed E-state index contributed by atoms with van der Waals surface area (Å²) in [7, 11) is 0. The normalized spacial score (nSPS) is 12.7. The summed E-state index contributed by atoms with van der Waals surface area (Å²) in [5.41, 5.74) is 8.50. The van der Waals surface area contributed by atoms with E-state index < -0.39 is 0 Å². The Hall–Kier alpha value is -1.71. The summed E-state index contributed by atoms with van der Waals surface area (Å²) < 4.78 is 4.45. The van der Waals surface area contributed by atoms with Gasteiger partial charge in [-0.2, -0.15) is 4.37 Å². The van der Waals surface area contributed by atoms with Gasteiger partial charge in [0, 0.05) is 22.7 Å². The van der Waals surface area contributed by atoms with Gasteiger partial charge in [-0.15, -0.1) is 0 Å². The molecule has 1 heterocycles. The lowest BCUT2D eigenvalue weighted by molar-refractivity contribution is 0.733. The maximum absolute atomic E-state index is 6.26. The van der Waals surface area contributed by atoms with E-state index in [4.69, 9.17) is 5.73 Å². The van der Waals surface area contributed by atoms with Crippen LogP contribution in [0.5, 0.6) is 0 Å². The molecule has 1 atom stereocenters. The molecule has 3 rings (SSSR count). The molecule has 2 nitrogen and oxygen atoms in total. The maximum atomic E-state index is 6.26. The highest BCUT2D eigenvalue weighted by atomic mass is 32.1. The highest BCUT2D eigenvalue weighted by Crippen LogP contribution is 2.26. The predicted octanol–water partition coefficient (Wildman–Crippen LogP) is 3.54. The molecule has 3 aromatic rings. The van der Waals surface area contributed by atoms with Crippen LogP contribution in [-0.4, -0.2) is 4.37 Å². The summed E-state index contributed by atoms with van der Waals surface area (Å²) in [5, 5.41) is 1.23. The van der Waals surface area contributed by atoms with Gasteiger partial charge in [-0.1, -0.05) is 48.5 Å². The van der Waals surface area contributed by atoms with Gasteiger partial charge in [-0.3, -0.25) is 0 Å². The lowest BCUT2D eigenvalue weighted by atomic mass is 10.0. The Morgan fingerprint density at radius 3 is 2.56 bits per heavy atom. The SMILES string of the molecule is NC(Cc1snc2ccccc12)c1ccccc1. The van der Waals surface area contributed by atoms with Crippen LogP contribution in [0.25, 0.3) is 10.9 Å². The Morgan fingerprint density at radius 1 is 1.00 bits per heavy atom. The molecule has 2 aromatic carbocycles. The van der Waals surface area contributed by atoms with Crippen molar-refractivity contribution in [1.82, 2.24) is 4.37 Å². The molecular formula is C15H14N2S. The smallest absolute Gasteiger partial charge is 0.0843 e. The molecule has 0 aliphatic rings. The minimum Gasteiger partial charge on any atom is -0.324 e. The van der Waals surface area contributed by atoms with E-state index in [2.05, 4.69) is 22.6 Å². The van der Waals surface area contributed by atoms with Crippen LogP contribution in [0, 0.1) is 0 Å². The first-order valence-corrected chi connectivity index (χ1v) is 6.76. The van der Waals surface area contributed by atoms with Crippen molar-refractivity contribution in [3.05, 3.63) is 65.0 Å². The number of nitrogens with zero attached hydrogens (tertiary/aromatic N) is 1. The quantitative estimate of drug-likeness (QED) is 0.776. The van der Waals surface area contributed by atoms with Crippen molar-refractivity contribution in [2.45, 2.75) is 12.5 Å². The minimum atomic E-state index is 0.0371. The number of fused-ring (bicyclic) bond motifs is 1. The minimum absolute atomic E-state index is 0.0371. The average Bonchev–Trinajstić information content (AvgIpc) is 2.83. The zero-order chi connectivity index (χ0) is 12.4. The molecule has 0 aliphatic carbocycles. The topological polar surface area (TPSA) is 38.9 Å².